The van der Waals surface area contributed by atoms with Gasteiger partial charge in [-0.2, -0.15) is 0 Å². The monoisotopic (exact) mass is 431 g/mol. The van der Waals surface area contributed by atoms with Crippen LogP contribution < -0.4 is 0 Å². The quantitative estimate of drug-likeness (QED) is 0.186. The molecule has 29 heavy (non-hydrogen) atoms. The lowest BCUT2D eigenvalue weighted by atomic mass is 9.96. The number of hydrogen-bond acceptors (Lipinski definition) is 9. The Hall–Kier alpha value is -1.83. The average molecular weight is 431 g/mol. The maximum absolute atomic E-state index is 10.3. The van der Waals surface area contributed by atoms with Gasteiger partial charge in [0.05, 0.1) is 32.7 Å². The lowest BCUT2D eigenvalue weighted by Crippen LogP contribution is -2.42. The summed E-state index contributed by atoms with van der Waals surface area (Å²) < 4.78 is 0. The Morgan fingerprint density at radius 1 is 0.724 bits per heavy atom. The van der Waals surface area contributed by atoms with Crippen molar-refractivity contribution in [2.45, 2.75) is 45.6 Å². The first-order valence-corrected chi connectivity index (χ1v) is 9.01. The van der Waals surface area contributed by atoms with Crippen molar-refractivity contribution < 1.29 is 55.2 Å². The number of aliphatic carboxylic acids is 3. The molecule has 176 valence electrons. The van der Waals surface area contributed by atoms with Gasteiger partial charge in [0.2, 0.25) is 0 Å². The molecule has 0 heterocycles. The van der Waals surface area contributed by atoms with Crippen molar-refractivity contribution in [3.63, 3.8) is 0 Å². The van der Waals surface area contributed by atoms with E-state index in [1.807, 2.05) is 0 Å². The summed E-state index contributed by atoms with van der Waals surface area (Å²) in [5.74, 6) is -5.02. The Kier molecular flexibility index (Phi) is 28.9. The Bertz CT molecular complexity index is 373. The van der Waals surface area contributed by atoms with Crippen LogP contribution in [0.2, 0.25) is 0 Å². The van der Waals surface area contributed by atoms with Crippen LogP contribution in [-0.2, 0) is 14.4 Å². The average Bonchev–Trinajstić information content (AvgIpc) is 2.56. The first kappa shape index (κ1) is 34.7. The second kappa shape index (κ2) is 24.2. The molecule has 0 unspecified atom stereocenters. The smallest absolute Gasteiger partial charge is 0.336 e. The van der Waals surface area contributed by atoms with E-state index in [9.17, 15) is 14.4 Å². The highest BCUT2D eigenvalue weighted by Crippen LogP contribution is 2.15. The van der Waals surface area contributed by atoms with Gasteiger partial charge in [0, 0.05) is 26.2 Å². The van der Waals surface area contributed by atoms with Crippen molar-refractivity contribution in [3.05, 3.63) is 0 Å². The number of nitrogens with zero attached hydrogens (tertiary/aromatic N) is 1. The summed E-state index contributed by atoms with van der Waals surface area (Å²) >= 11 is 0. The summed E-state index contributed by atoms with van der Waals surface area (Å²) in [6, 6.07) is 0. The van der Waals surface area contributed by atoms with Crippen LogP contribution in [0.15, 0.2) is 0 Å². The topological polar surface area (TPSA) is 216 Å². The number of carbonyl (C=O) groups is 3. The molecular weight excluding hydrogens is 394 g/mol. The summed E-state index contributed by atoms with van der Waals surface area (Å²) in [6.07, 6.45) is -1.04. The molecule has 0 radical (unpaired) electrons. The van der Waals surface area contributed by atoms with Crippen LogP contribution in [0.25, 0.3) is 0 Å². The van der Waals surface area contributed by atoms with E-state index in [0.29, 0.717) is 19.6 Å². The highest BCUT2D eigenvalue weighted by atomic mass is 16.4. The zero-order valence-electron chi connectivity index (χ0n) is 17.3. The third kappa shape index (κ3) is 28.5. The van der Waals surface area contributed by atoms with Crippen LogP contribution in [0.1, 0.15) is 40.0 Å². The van der Waals surface area contributed by atoms with Crippen LogP contribution in [0, 0.1) is 0 Å². The van der Waals surface area contributed by atoms with Crippen molar-refractivity contribution in [3.8, 4) is 0 Å². The first-order chi connectivity index (χ1) is 13.5. The van der Waals surface area contributed by atoms with Crippen LogP contribution in [-0.4, -0.2) is 115 Å². The maximum atomic E-state index is 10.3. The molecule has 0 aromatic heterocycles. The van der Waals surface area contributed by atoms with Crippen LogP contribution in [0.3, 0.4) is 0 Å². The van der Waals surface area contributed by atoms with E-state index < -0.39 is 36.4 Å². The van der Waals surface area contributed by atoms with Gasteiger partial charge in [0.15, 0.2) is 5.60 Å². The van der Waals surface area contributed by atoms with E-state index >= 15 is 0 Å². The zero-order valence-corrected chi connectivity index (χ0v) is 17.3. The fraction of sp³-hybridized carbons (Fsp3) is 0.824. The molecule has 0 fully saturated rings. The number of carboxylic acid groups (broad SMARTS) is 3. The Morgan fingerprint density at radius 2 is 0.966 bits per heavy atom. The fourth-order valence-corrected chi connectivity index (χ4v) is 1.47. The lowest BCUT2D eigenvalue weighted by molar-refractivity contribution is -0.170. The van der Waals surface area contributed by atoms with E-state index in [1.165, 1.54) is 6.42 Å². The lowest BCUT2D eigenvalue weighted by Gasteiger charge is -2.18. The van der Waals surface area contributed by atoms with Crippen LogP contribution >= 0.6 is 0 Å². The van der Waals surface area contributed by atoms with Crippen molar-refractivity contribution in [2.75, 3.05) is 46.1 Å². The standard InChI is InChI=1S/C6H15NO3.C6H8O7.C3H8.C2H6O/c8-4-1-7(2-5-9)3-6-10;7-3(8)1-6(13,5(11)12)2-4(9)10;1-3-2;1-2-3/h8-10H,1-6H2;13H,1-2H2,(H,7,8)(H,9,10)(H,11,12);3H2,1-2H3;3H,2H2,1H3. The van der Waals surface area contributed by atoms with Crippen molar-refractivity contribution >= 4 is 17.9 Å². The molecule has 0 rings (SSSR count). The third-order valence-electron chi connectivity index (χ3n) is 2.53. The van der Waals surface area contributed by atoms with Gasteiger partial charge < -0.3 is 40.9 Å². The molecule has 0 aromatic carbocycles. The number of aliphatic hydroxyl groups is 5. The Morgan fingerprint density at radius 3 is 1.10 bits per heavy atom. The van der Waals surface area contributed by atoms with Crippen molar-refractivity contribution in [2.24, 2.45) is 0 Å². The van der Waals surface area contributed by atoms with E-state index in [2.05, 4.69) is 13.8 Å². The summed E-state index contributed by atoms with van der Waals surface area (Å²) in [4.78, 5) is 32.3. The van der Waals surface area contributed by atoms with Gasteiger partial charge in [-0.15, -0.1) is 0 Å². The molecule has 0 aromatic rings. The minimum absolute atomic E-state index is 0.0694. The molecule has 0 saturated carbocycles. The molecule has 0 saturated heterocycles. The summed E-state index contributed by atoms with van der Waals surface area (Å²) in [5, 5.41) is 66.8. The van der Waals surface area contributed by atoms with Crippen molar-refractivity contribution in [1.29, 1.82) is 0 Å². The van der Waals surface area contributed by atoms with Gasteiger partial charge in [-0.25, -0.2) is 4.79 Å². The highest BCUT2D eigenvalue weighted by Gasteiger charge is 2.40. The van der Waals surface area contributed by atoms with Crippen LogP contribution in [0.4, 0.5) is 0 Å². The molecular formula is C17H37NO11. The fourth-order valence-electron chi connectivity index (χ4n) is 1.47. The molecule has 12 heteroatoms. The molecule has 0 bridgehead atoms. The summed E-state index contributed by atoms with van der Waals surface area (Å²) in [5.41, 5.74) is -2.74. The maximum Gasteiger partial charge on any atom is 0.336 e. The second-order valence-electron chi connectivity index (χ2n) is 5.51. The van der Waals surface area contributed by atoms with E-state index in [-0.39, 0.29) is 26.4 Å². The molecule has 12 nitrogen and oxygen atoms in total. The van der Waals surface area contributed by atoms with E-state index in [1.54, 1.807) is 11.8 Å². The SMILES string of the molecule is CCC.CCO.O=C(O)CC(O)(CC(=O)O)C(=O)O.OCCN(CCO)CCO. The number of aliphatic hydroxyl groups excluding tert-OH is 4. The molecule has 0 amide bonds. The number of rotatable bonds is 11. The third-order valence-corrected chi connectivity index (χ3v) is 2.53. The molecule has 0 aliphatic heterocycles. The summed E-state index contributed by atoms with van der Waals surface area (Å²) in [6.45, 7) is 7.93. The summed E-state index contributed by atoms with van der Waals surface area (Å²) in [7, 11) is 0. The molecule has 0 spiro atoms. The number of hydrogen-bond donors (Lipinski definition) is 8. The Balaban J connectivity index is -0.000000172. The van der Waals surface area contributed by atoms with Gasteiger partial charge in [-0.05, 0) is 6.92 Å². The van der Waals surface area contributed by atoms with Crippen LogP contribution in [0.5, 0.6) is 0 Å². The molecule has 0 aliphatic rings. The first-order valence-electron chi connectivity index (χ1n) is 9.01. The van der Waals surface area contributed by atoms with Gasteiger partial charge in [0.25, 0.3) is 0 Å². The Labute approximate surface area is 170 Å². The normalized spacial score (nSPS) is 9.83. The molecule has 0 aliphatic carbocycles. The highest BCUT2D eigenvalue weighted by molar-refractivity contribution is 5.88. The minimum atomic E-state index is -2.74. The molecule has 0 atom stereocenters. The number of carboxylic acids is 3. The predicted molar refractivity (Wildman–Crippen MR) is 104 cm³/mol. The van der Waals surface area contributed by atoms with Crippen molar-refractivity contribution in [1.82, 2.24) is 4.90 Å². The zero-order chi connectivity index (χ0) is 23.9. The van der Waals surface area contributed by atoms with Gasteiger partial charge >= 0.3 is 17.9 Å². The van der Waals surface area contributed by atoms with Gasteiger partial charge in [-0.3, -0.25) is 14.5 Å². The molecule has 8 N–H and O–H groups in total. The largest absolute Gasteiger partial charge is 0.481 e. The van der Waals surface area contributed by atoms with Gasteiger partial charge in [-0.1, -0.05) is 20.3 Å². The van der Waals surface area contributed by atoms with E-state index in [0.717, 1.165) is 0 Å². The minimum Gasteiger partial charge on any atom is -0.481 e. The predicted octanol–water partition coefficient (Wildman–Crippen LogP) is -1.57. The van der Waals surface area contributed by atoms with E-state index in [4.69, 9.17) is 40.9 Å². The second-order valence-corrected chi connectivity index (χ2v) is 5.51. The van der Waals surface area contributed by atoms with Gasteiger partial charge in [0.1, 0.15) is 0 Å².